The fraction of sp³-hybridized carbons (Fsp3) is 0.375. The Labute approximate surface area is 244 Å². The molecule has 0 spiro atoms. The first-order chi connectivity index (χ1) is 19.7. The molecule has 41 heavy (non-hydrogen) atoms. The average molecular weight is 580 g/mol. The van der Waals surface area contributed by atoms with E-state index in [1.165, 1.54) is 17.0 Å². The fourth-order valence-electron chi connectivity index (χ4n) is 4.44. The molecule has 1 N–H and O–H groups in total. The molecule has 0 fully saturated rings. The second kappa shape index (κ2) is 15.2. The summed E-state index contributed by atoms with van der Waals surface area (Å²) in [5, 5.41) is 2.95. The largest absolute Gasteiger partial charge is 0.494 e. The van der Waals surface area contributed by atoms with Crippen molar-refractivity contribution in [3.8, 4) is 5.75 Å². The maximum atomic E-state index is 14.1. The van der Waals surface area contributed by atoms with Gasteiger partial charge in [0.25, 0.3) is 10.0 Å². The topological polar surface area (TPSA) is 96.0 Å². The van der Waals surface area contributed by atoms with Gasteiger partial charge in [0, 0.05) is 13.1 Å². The third-order valence-corrected chi connectivity index (χ3v) is 8.39. The Kier molecular flexibility index (Phi) is 11.8. The molecule has 9 heteroatoms. The van der Waals surface area contributed by atoms with E-state index < -0.39 is 28.5 Å². The lowest BCUT2D eigenvalue weighted by Crippen LogP contribution is -2.53. The maximum absolute atomic E-state index is 14.1. The quantitative estimate of drug-likeness (QED) is 0.276. The molecule has 0 aliphatic carbocycles. The van der Waals surface area contributed by atoms with Crippen LogP contribution in [0.15, 0.2) is 89.8 Å². The van der Waals surface area contributed by atoms with Crippen LogP contribution in [-0.4, -0.2) is 57.4 Å². The first kappa shape index (κ1) is 31.7. The Morgan fingerprint density at radius 3 is 2.05 bits per heavy atom. The number of carbonyl (C=O) groups is 2. The van der Waals surface area contributed by atoms with Crippen molar-refractivity contribution in [1.82, 2.24) is 10.2 Å². The molecule has 0 unspecified atom stereocenters. The lowest BCUT2D eigenvalue weighted by molar-refractivity contribution is -0.139. The zero-order valence-electron chi connectivity index (χ0n) is 24.3. The second-order valence-electron chi connectivity index (χ2n) is 10.1. The van der Waals surface area contributed by atoms with E-state index in [0.717, 1.165) is 9.87 Å². The lowest BCUT2D eigenvalue weighted by atomic mass is 10.1. The van der Waals surface area contributed by atoms with Gasteiger partial charge < -0.3 is 15.0 Å². The SMILES string of the molecule is CCOc1ccc(N(CC(=O)N(CCc2ccccc2)[C@H](CC)C(=O)NCC(C)C)S(=O)(=O)c2ccccc2)cc1. The van der Waals surface area contributed by atoms with Gasteiger partial charge in [-0.25, -0.2) is 8.42 Å². The number of amides is 2. The predicted octanol–water partition coefficient (Wildman–Crippen LogP) is 4.90. The van der Waals surface area contributed by atoms with Crippen molar-refractivity contribution in [2.75, 3.05) is 30.5 Å². The molecule has 2 amide bonds. The van der Waals surface area contributed by atoms with Crippen LogP contribution in [0.25, 0.3) is 0 Å². The van der Waals surface area contributed by atoms with Crippen LogP contribution < -0.4 is 14.4 Å². The summed E-state index contributed by atoms with van der Waals surface area (Å²) in [6.45, 7) is 8.48. The van der Waals surface area contributed by atoms with E-state index in [-0.39, 0.29) is 23.3 Å². The molecule has 1 atom stereocenters. The molecule has 220 valence electrons. The van der Waals surface area contributed by atoms with Crippen molar-refractivity contribution in [2.24, 2.45) is 5.92 Å². The van der Waals surface area contributed by atoms with Crippen LogP contribution in [-0.2, 0) is 26.0 Å². The number of nitrogens with zero attached hydrogens (tertiary/aromatic N) is 2. The van der Waals surface area contributed by atoms with Crippen molar-refractivity contribution < 1.29 is 22.7 Å². The minimum Gasteiger partial charge on any atom is -0.494 e. The monoisotopic (exact) mass is 579 g/mol. The lowest BCUT2D eigenvalue weighted by Gasteiger charge is -2.33. The van der Waals surface area contributed by atoms with Gasteiger partial charge in [-0.3, -0.25) is 13.9 Å². The molecular weight excluding hydrogens is 538 g/mol. The number of nitrogens with one attached hydrogen (secondary N) is 1. The molecule has 0 radical (unpaired) electrons. The summed E-state index contributed by atoms with van der Waals surface area (Å²) in [6, 6.07) is 23.6. The number of benzene rings is 3. The van der Waals surface area contributed by atoms with Gasteiger partial charge in [0.2, 0.25) is 11.8 Å². The predicted molar refractivity (Wildman–Crippen MR) is 162 cm³/mol. The van der Waals surface area contributed by atoms with Crippen molar-refractivity contribution in [1.29, 1.82) is 0 Å². The smallest absolute Gasteiger partial charge is 0.264 e. The summed E-state index contributed by atoms with van der Waals surface area (Å²) in [6.07, 6.45) is 0.911. The van der Waals surface area contributed by atoms with Crippen LogP contribution in [0, 0.1) is 5.92 Å². The summed E-state index contributed by atoms with van der Waals surface area (Å²) in [7, 11) is -4.10. The Balaban J connectivity index is 1.98. The molecule has 3 rings (SSSR count). The van der Waals surface area contributed by atoms with Gasteiger partial charge in [0.15, 0.2) is 0 Å². The minimum absolute atomic E-state index is 0.0687. The molecule has 3 aromatic rings. The summed E-state index contributed by atoms with van der Waals surface area (Å²) in [5.41, 5.74) is 1.34. The third-order valence-electron chi connectivity index (χ3n) is 6.60. The van der Waals surface area contributed by atoms with E-state index in [1.807, 2.05) is 58.0 Å². The fourth-order valence-corrected chi connectivity index (χ4v) is 5.88. The van der Waals surface area contributed by atoms with Gasteiger partial charge >= 0.3 is 0 Å². The molecule has 0 aliphatic heterocycles. The van der Waals surface area contributed by atoms with Gasteiger partial charge in [0.1, 0.15) is 18.3 Å². The maximum Gasteiger partial charge on any atom is 0.264 e. The van der Waals surface area contributed by atoms with E-state index in [2.05, 4.69) is 5.32 Å². The van der Waals surface area contributed by atoms with Crippen LogP contribution in [0.4, 0.5) is 5.69 Å². The highest BCUT2D eigenvalue weighted by atomic mass is 32.2. The summed E-state index contributed by atoms with van der Waals surface area (Å²) in [4.78, 5) is 28.9. The number of rotatable bonds is 15. The molecule has 0 saturated heterocycles. The number of hydrogen-bond acceptors (Lipinski definition) is 5. The number of hydrogen-bond donors (Lipinski definition) is 1. The van der Waals surface area contributed by atoms with E-state index >= 15 is 0 Å². The molecule has 8 nitrogen and oxygen atoms in total. The van der Waals surface area contributed by atoms with Crippen LogP contribution in [0.2, 0.25) is 0 Å². The van der Waals surface area contributed by atoms with E-state index in [4.69, 9.17) is 4.74 Å². The van der Waals surface area contributed by atoms with Crippen molar-refractivity contribution >= 4 is 27.5 Å². The molecule has 0 aliphatic rings. The van der Waals surface area contributed by atoms with Crippen LogP contribution in [0.3, 0.4) is 0 Å². The highest BCUT2D eigenvalue weighted by molar-refractivity contribution is 7.92. The number of ether oxygens (including phenoxy) is 1. The number of sulfonamides is 1. The highest BCUT2D eigenvalue weighted by Gasteiger charge is 2.33. The van der Waals surface area contributed by atoms with E-state index in [0.29, 0.717) is 37.4 Å². The van der Waals surface area contributed by atoms with Gasteiger partial charge in [-0.1, -0.05) is 69.3 Å². The molecule has 0 heterocycles. The van der Waals surface area contributed by atoms with Crippen molar-refractivity contribution in [3.63, 3.8) is 0 Å². The average Bonchev–Trinajstić information content (AvgIpc) is 2.98. The number of anilines is 1. The molecule has 0 bridgehead atoms. The van der Waals surface area contributed by atoms with E-state index in [9.17, 15) is 18.0 Å². The Bertz CT molecular complexity index is 1350. The van der Waals surface area contributed by atoms with Gasteiger partial charge in [-0.05, 0) is 67.6 Å². The zero-order valence-corrected chi connectivity index (χ0v) is 25.1. The standard InChI is InChI=1S/C32H41N3O5S/c1-5-30(32(37)33-23-25(3)4)34(22-21-26-13-9-7-10-14-26)31(36)24-35(27-17-19-28(20-18-27)40-6-2)41(38,39)29-15-11-8-12-16-29/h7-20,25,30H,5-6,21-24H2,1-4H3,(H,33,37)/t30-/m1/s1. The Morgan fingerprint density at radius 1 is 0.878 bits per heavy atom. The zero-order chi connectivity index (χ0) is 29.8. The van der Waals surface area contributed by atoms with Crippen molar-refractivity contribution in [3.05, 3.63) is 90.5 Å². The highest BCUT2D eigenvalue weighted by Crippen LogP contribution is 2.26. The third kappa shape index (κ3) is 8.82. The van der Waals surface area contributed by atoms with Gasteiger partial charge in [-0.2, -0.15) is 0 Å². The van der Waals surface area contributed by atoms with E-state index in [1.54, 1.807) is 42.5 Å². The first-order valence-electron chi connectivity index (χ1n) is 14.1. The van der Waals surface area contributed by atoms with Crippen LogP contribution in [0.1, 0.15) is 39.7 Å². The van der Waals surface area contributed by atoms with Gasteiger partial charge in [0.05, 0.1) is 17.2 Å². The van der Waals surface area contributed by atoms with Gasteiger partial charge in [-0.15, -0.1) is 0 Å². The molecule has 0 aromatic heterocycles. The molecule has 0 saturated carbocycles. The second-order valence-corrected chi connectivity index (χ2v) is 12.0. The Hall–Kier alpha value is -3.85. The summed E-state index contributed by atoms with van der Waals surface area (Å²) < 4.78 is 34.4. The molecular formula is C32H41N3O5S. The normalized spacial score (nSPS) is 12.0. The first-order valence-corrected chi connectivity index (χ1v) is 15.5. The minimum atomic E-state index is -4.10. The van der Waals surface area contributed by atoms with Crippen LogP contribution >= 0.6 is 0 Å². The summed E-state index contributed by atoms with van der Waals surface area (Å²) >= 11 is 0. The number of carbonyl (C=O) groups excluding carboxylic acids is 2. The summed E-state index contributed by atoms with van der Waals surface area (Å²) in [5.74, 6) is 0.134. The van der Waals surface area contributed by atoms with Crippen LogP contribution in [0.5, 0.6) is 5.75 Å². The Morgan fingerprint density at radius 2 is 1.49 bits per heavy atom. The molecule has 3 aromatic carbocycles. The van der Waals surface area contributed by atoms with Crippen molar-refractivity contribution in [2.45, 2.75) is 51.5 Å².